The predicted molar refractivity (Wildman–Crippen MR) is 60.4 cm³/mol. The average Bonchev–Trinajstić information content (AvgIpc) is 2.26. The highest BCUT2D eigenvalue weighted by atomic mass is 32.3. The van der Waals surface area contributed by atoms with Crippen molar-refractivity contribution >= 4 is 22.3 Å². The fourth-order valence-corrected chi connectivity index (χ4v) is 1.56. The highest BCUT2D eigenvalue weighted by Gasteiger charge is 2.10. The summed E-state index contributed by atoms with van der Waals surface area (Å²) in [5.74, 6) is -0.491. The smallest absolute Gasteiger partial charge is 0.332 e. The van der Waals surface area contributed by atoms with E-state index in [0.717, 1.165) is 12.1 Å². The molecule has 92 valence electrons. The van der Waals surface area contributed by atoms with Crippen molar-refractivity contribution in [2.45, 2.75) is 11.8 Å². The second kappa shape index (κ2) is 5.58. The Hall–Kier alpha value is -1.69. The van der Waals surface area contributed by atoms with E-state index in [1.165, 1.54) is 24.3 Å². The number of benzene rings is 1. The van der Waals surface area contributed by atoms with Gasteiger partial charge in [-0.15, -0.1) is 3.89 Å². The first-order chi connectivity index (χ1) is 7.93. The highest BCUT2D eigenvalue weighted by Crippen LogP contribution is 2.13. The topological polar surface area (TPSA) is 60.4 Å². The van der Waals surface area contributed by atoms with Crippen LogP contribution >= 0.6 is 0 Å². The molecule has 1 aromatic carbocycles. The maximum atomic E-state index is 12.5. The third-order valence-electron chi connectivity index (χ3n) is 1.86. The van der Waals surface area contributed by atoms with Crippen LogP contribution in [0.3, 0.4) is 0 Å². The molecular formula is C11H11FO4S. The zero-order chi connectivity index (χ0) is 12.9. The normalized spacial score (nSPS) is 11.6. The number of ether oxygens (including phenoxy) is 1. The molecule has 0 aliphatic carbocycles. The number of carbonyl (C=O) groups excluding carboxylic acids is 1. The van der Waals surface area contributed by atoms with Crippen LogP contribution in [0.15, 0.2) is 35.2 Å². The lowest BCUT2D eigenvalue weighted by Gasteiger charge is -1.97. The van der Waals surface area contributed by atoms with Gasteiger partial charge in [0.1, 0.15) is 0 Å². The van der Waals surface area contributed by atoms with Gasteiger partial charge < -0.3 is 4.74 Å². The molecule has 4 nitrogen and oxygen atoms in total. The lowest BCUT2D eigenvalue weighted by Crippen LogP contribution is -1.98. The molecule has 0 unspecified atom stereocenters. The van der Waals surface area contributed by atoms with Gasteiger partial charge in [0.05, 0.1) is 11.5 Å². The van der Waals surface area contributed by atoms with E-state index in [1.54, 1.807) is 6.92 Å². The maximum absolute atomic E-state index is 12.5. The molecule has 0 amide bonds. The van der Waals surface area contributed by atoms with Gasteiger partial charge in [0.25, 0.3) is 0 Å². The molecule has 0 bridgehead atoms. The van der Waals surface area contributed by atoms with Gasteiger partial charge in [0, 0.05) is 6.08 Å². The Labute approximate surface area is 98.9 Å². The van der Waals surface area contributed by atoms with Gasteiger partial charge in [-0.3, -0.25) is 0 Å². The van der Waals surface area contributed by atoms with Crippen LogP contribution < -0.4 is 0 Å². The Bertz CT molecular complexity index is 517. The molecule has 0 radical (unpaired) electrons. The summed E-state index contributed by atoms with van der Waals surface area (Å²) in [7, 11) is -4.68. The Morgan fingerprint density at radius 1 is 1.35 bits per heavy atom. The minimum Gasteiger partial charge on any atom is -0.463 e. The molecule has 1 aromatic rings. The number of hydrogen-bond acceptors (Lipinski definition) is 4. The molecule has 0 saturated heterocycles. The zero-order valence-electron chi connectivity index (χ0n) is 9.09. The number of esters is 1. The minimum absolute atomic E-state index is 0.280. The van der Waals surface area contributed by atoms with Crippen molar-refractivity contribution in [1.29, 1.82) is 0 Å². The summed E-state index contributed by atoms with van der Waals surface area (Å²) in [5, 5.41) is 0. The van der Waals surface area contributed by atoms with Crippen molar-refractivity contribution in [3.63, 3.8) is 0 Å². The molecule has 0 heterocycles. The van der Waals surface area contributed by atoms with Crippen molar-refractivity contribution in [3.05, 3.63) is 35.9 Å². The molecular weight excluding hydrogens is 247 g/mol. The molecule has 0 aromatic heterocycles. The summed E-state index contributed by atoms with van der Waals surface area (Å²) in [4.78, 5) is 10.6. The van der Waals surface area contributed by atoms with Crippen molar-refractivity contribution in [2.75, 3.05) is 6.61 Å². The summed E-state index contributed by atoms with van der Waals surface area (Å²) in [6.45, 7) is 1.97. The molecule has 0 N–H and O–H groups in total. The summed E-state index contributed by atoms with van der Waals surface area (Å²) < 4.78 is 38.3. The van der Waals surface area contributed by atoms with Crippen molar-refractivity contribution in [2.24, 2.45) is 0 Å². The van der Waals surface area contributed by atoms with Crippen LogP contribution in [0.2, 0.25) is 0 Å². The van der Waals surface area contributed by atoms with E-state index in [1.807, 2.05) is 0 Å². The lowest BCUT2D eigenvalue weighted by atomic mass is 10.2. The fraction of sp³-hybridized carbons (Fsp3) is 0.182. The van der Waals surface area contributed by atoms with Gasteiger partial charge in [-0.05, 0) is 30.7 Å². The first kappa shape index (κ1) is 13.4. The van der Waals surface area contributed by atoms with Crippen LogP contribution in [-0.2, 0) is 19.8 Å². The lowest BCUT2D eigenvalue weighted by molar-refractivity contribution is -0.137. The van der Waals surface area contributed by atoms with E-state index in [9.17, 15) is 17.1 Å². The zero-order valence-corrected chi connectivity index (χ0v) is 9.91. The van der Waals surface area contributed by atoms with Crippen LogP contribution in [0.25, 0.3) is 6.08 Å². The minimum atomic E-state index is -4.68. The number of hydrogen-bond donors (Lipinski definition) is 0. The van der Waals surface area contributed by atoms with Gasteiger partial charge in [0.2, 0.25) is 0 Å². The van der Waals surface area contributed by atoms with Crippen LogP contribution in [0.4, 0.5) is 3.89 Å². The molecule has 0 atom stereocenters. The van der Waals surface area contributed by atoms with Crippen molar-refractivity contribution < 1.29 is 21.8 Å². The van der Waals surface area contributed by atoms with E-state index in [2.05, 4.69) is 4.74 Å². The van der Waals surface area contributed by atoms with Crippen LogP contribution in [0, 0.1) is 0 Å². The number of carbonyl (C=O) groups is 1. The van der Waals surface area contributed by atoms with E-state index >= 15 is 0 Å². The highest BCUT2D eigenvalue weighted by molar-refractivity contribution is 7.86. The molecule has 0 spiro atoms. The Balaban J connectivity index is 2.79. The predicted octanol–water partition coefficient (Wildman–Crippen LogP) is 1.92. The molecule has 0 aliphatic heterocycles. The van der Waals surface area contributed by atoms with E-state index < -0.39 is 21.1 Å². The summed E-state index contributed by atoms with van der Waals surface area (Å²) in [6, 6.07) is 5.03. The SMILES string of the molecule is CCOC(=O)C=Cc1ccc(S(=O)(=O)F)cc1. The summed E-state index contributed by atoms with van der Waals surface area (Å²) in [6.07, 6.45) is 2.66. The van der Waals surface area contributed by atoms with E-state index in [-0.39, 0.29) is 6.61 Å². The quantitative estimate of drug-likeness (QED) is 0.470. The van der Waals surface area contributed by atoms with Gasteiger partial charge in [0.15, 0.2) is 0 Å². The molecule has 0 fully saturated rings. The Kier molecular flexibility index (Phi) is 4.39. The molecule has 1 rings (SSSR count). The molecule has 0 saturated carbocycles. The number of rotatable bonds is 4. The standard InChI is InChI=1S/C11H11FO4S/c1-2-16-11(13)8-5-9-3-6-10(7-4-9)17(12,14)15/h3-8H,2H2,1H3. The number of halogens is 1. The molecule has 6 heteroatoms. The fourth-order valence-electron chi connectivity index (χ4n) is 1.10. The third kappa shape index (κ3) is 4.36. The van der Waals surface area contributed by atoms with Gasteiger partial charge >= 0.3 is 16.2 Å². The first-order valence-electron chi connectivity index (χ1n) is 4.83. The largest absolute Gasteiger partial charge is 0.463 e. The Morgan fingerprint density at radius 3 is 2.41 bits per heavy atom. The molecule has 0 aliphatic rings. The summed E-state index contributed by atoms with van der Waals surface area (Å²) >= 11 is 0. The third-order valence-corrected chi connectivity index (χ3v) is 2.70. The van der Waals surface area contributed by atoms with Crippen molar-refractivity contribution in [1.82, 2.24) is 0 Å². The van der Waals surface area contributed by atoms with Crippen LogP contribution in [-0.4, -0.2) is 21.0 Å². The monoisotopic (exact) mass is 258 g/mol. The van der Waals surface area contributed by atoms with E-state index in [4.69, 9.17) is 0 Å². The van der Waals surface area contributed by atoms with Gasteiger partial charge in [-0.2, -0.15) is 8.42 Å². The van der Waals surface area contributed by atoms with Crippen LogP contribution in [0.5, 0.6) is 0 Å². The van der Waals surface area contributed by atoms with Gasteiger partial charge in [-0.25, -0.2) is 4.79 Å². The van der Waals surface area contributed by atoms with Crippen molar-refractivity contribution in [3.8, 4) is 0 Å². The Morgan fingerprint density at radius 2 is 1.94 bits per heavy atom. The average molecular weight is 258 g/mol. The van der Waals surface area contributed by atoms with E-state index in [0.29, 0.717) is 5.56 Å². The summed E-state index contributed by atoms with van der Waals surface area (Å²) in [5.41, 5.74) is 0.574. The molecule has 17 heavy (non-hydrogen) atoms. The van der Waals surface area contributed by atoms with Gasteiger partial charge in [-0.1, -0.05) is 12.1 Å². The second-order valence-electron chi connectivity index (χ2n) is 3.09. The maximum Gasteiger partial charge on any atom is 0.332 e. The first-order valence-corrected chi connectivity index (χ1v) is 6.21. The van der Waals surface area contributed by atoms with Crippen LogP contribution in [0.1, 0.15) is 12.5 Å². The second-order valence-corrected chi connectivity index (χ2v) is 4.44.